The molecule has 0 amide bonds. The fourth-order valence-corrected chi connectivity index (χ4v) is 2.48. The molecule has 0 aromatic heterocycles. The van der Waals surface area contributed by atoms with Crippen molar-refractivity contribution in [3.05, 3.63) is 12.2 Å². The van der Waals surface area contributed by atoms with Crippen LogP contribution in [0.3, 0.4) is 0 Å². The van der Waals surface area contributed by atoms with Crippen LogP contribution < -0.4 is 0 Å². The number of ketones is 1. The van der Waals surface area contributed by atoms with Crippen molar-refractivity contribution in [1.29, 1.82) is 0 Å². The smallest absolute Gasteiger partial charge is 0.309 e. The van der Waals surface area contributed by atoms with E-state index < -0.39 is 0 Å². The minimum absolute atomic E-state index is 0.00639. The molecule has 1 saturated carbocycles. The second kappa shape index (κ2) is 4.17. The van der Waals surface area contributed by atoms with E-state index in [2.05, 4.69) is 12.2 Å². The number of carbonyl (C=O) groups is 2. The van der Waals surface area contributed by atoms with Gasteiger partial charge in [-0.3, -0.25) is 9.59 Å². The molecule has 0 spiro atoms. The zero-order valence-corrected chi connectivity index (χ0v) is 8.94. The Morgan fingerprint density at radius 1 is 1.33 bits per heavy atom. The van der Waals surface area contributed by atoms with Gasteiger partial charge in [-0.2, -0.15) is 0 Å². The van der Waals surface area contributed by atoms with Crippen LogP contribution in [0.15, 0.2) is 12.2 Å². The zero-order valence-electron chi connectivity index (χ0n) is 8.94. The van der Waals surface area contributed by atoms with Gasteiger partial charge < -0.3 is 4.74 Å². The van der Waals surface area contributed by atoms with Crippen LogP contribution >= 0.6 is 0 Å². The van der Waals surface area contributed by atoms with Gasteiger partial charge in [0, 0.05) is 0 Å². The van der Waals surface area contributed by atoms with E-state index in [1.165, 1.54) is 13.3 Å². The summed E-state index contributed by atoms with van der Waals surface area (Å²) in [4.78, 5) is 22.4. The van der Waals surface area contributed by atoms with Gasteiger partial charge in [-0.25, -0.2) is 0 Å². The van der Waals surface area contributed by atoms with Crippen molar-refractivity contribution in [1.82, 2.24) is 0 Å². The summed E-state index contributed by atoms with van der Waals surface area (Å²) in [5.74, 6) is 0.594. The van der Waals surface area contributed by atoms with E-state index in [1.807, 2.05) is 0 Å². The van der Waals surface area contributed by atoms with Gasteiger partial charge in [-0.15, -0.1) is 0 Å². The lowest BCUT2D eigenvalue weighted by Gasteiger charge is -2.36. The maximum absolute atomic E-state index is 11.7. The molecule has 3 rings (SSSR count). The molecule has 0 N–H and O–H groups in total. The summed E-state index contributed by atoms with van der Waals surface area (Å²) in [5, 5.41) is 0. The number of carbonyl (C=O) groups excluding carboxylic acids is 2. The molecule has 0 aromatic carbocycles. The van der Waals surface area contributed by atoms with Gasteiger partial charge in [0.1, 0.15) is 6.61 Å². The number of esters is 1. The highest BCUT2D eigenvalue weighted by Gasteiger charge is 2.37. The lowest BCUT2D eigenvalue weighted by molar-refractivity contribution is -0.154. The first-order valence-electron chi connectivity index (χ1n) is 5.51. The largest absolute Gasteiger partial charge is 0.457 e. The van der Waals surface area contributed by atoms with E-state index in [4.69, 9.17) is 4.74 Å². The maximum Gasteiger partial charge on any atom is 0.309 e. The van der Waals surface area contributed by atoms with Gasteiger partial charge in [0.15, 0.2) is 5.78 Å². The lowest BCUT2D eigenvalue weighted by Crippen LogP contribution is -2.34. The lowest BCUT2D eigenvalue weighted by atomic mass is 9.69. The van der Waals surface area contributed by atoms with E-state index in [0.717, 1.165) is 12.8 Å². The molecule has 3 aliphatic carbocycles. The van der Waals surface area contributed by atoms with Gasteiger partial charge in [0.2, 0.25) is 0 Å². The van der Waals surface area contributed by atoms with Crippen LogP contribution in [-0.4, -0.2) is 18.4 Å². The molecule has 0 aliphatic heterocycles. The predicted octanol–water partition coefficient (Wildman–Crippen LogP) is 1.72. The first kappa shape index (κ1) is 10.4. The van der Waals surface area contributed by atoms with Crippen LogP contribution in [0, 0.1) is 17.8 Å². The van der Waals surface area contributed by atoms with E-state index in [0.29, 0.717) is 11.8 Å². The molecule has 1 fully saturated rings. The van der Waals surface area contributed by atoms with Crippen molar-refractivity contribution in [3.63, 3.8) is 0 Å². The average Bonchev–Trinajstić information content (AvgIpc) is 2.27. The molecule has 0 saturated heterocycles. The number of hydrogen-bond donors (Lipinski definition) is 0. The topological polar surface area (TPSA) is 43.4 Å². The van der Waals surface area contributed by atoms with Crippen molar-refractivity contribution < 1.29 is 14.3 Å². The third kappa shape index (κ3) is 2.28. The van der Waals surface area contributed by atoms with Gasteiger partial charge in [-0.05, 0) is 38.0 Å². The molecule has 0 heterocycles. The predicted molar refractivity (Wildman–Crippen MR) is 55.1 cm³/mol. The zero-order chi connectivity index (χ0) is 10.8. The van der Waals surface area contributed by atoms with Crippen LogP contribution in [0.1, 0.15) is 26.2 Å². The molecule has 15 heavy (non-hydrogen) atoms. The third-order valence-electron chi connectivity index (χ3n) is 3.30. The molecule has 3 heteroatoms. The number of fused-ring (bicyclic) bond motifs is 2. The fraction of sp³-hybridized carbons (Fsp3) is 0.667. The summed E-state index contributed by atoms with van der Waals surface area (Å²) in [5.41, 5.74) is 0. The van der Waals surface area contributed by atoms with Crippen molar-refractivity contribution in [2.75, 3.05) is 6.61 Å². The van der Waals surface area contributed by atoms with Gasteiger partial charge >= 0.3 is 5.97 Å². The van der Waals surface area contributed by atoms with Gasteiger partial charge in [0.25, 0.3) is 0 Å². The summed E-state index contributed by atoms with van der Waals surface area (Å²) >= 11 is 0. The highest BCUT2D eigenvalue weighted by molar-refractivity contribution is 5.81. The van der Waals surface area contributed by atoms with Crippen molar-refractivity contribution in [2.24, 2.45) is 17.8 Å². The molecule has 3 nitrogen and oxygen atoms in total. The minimum atomic E-state index is -0.191. The standard InChI is InChI=1S/C12H16O3/c1-8(13)7-15-12(14)11-6-9-2-4-10(11)5-3-9/h2,4,9-11H,3,5-7H2,1H3/t9-,10+,11-/m1/s1. The number of Topliss-reactive ketones (excluding diaryl/α,β-unsaturated/α-hetero) is 1. The summed E-state index contributed by atoms with van der Waals surface area (Å²) in [6, 6.07) is 0. The summed E-state index contributed by atoms with van der Waals surface area (Å²) in [6.45, 7) is 1.36. The van der Waals surface area contributed by atoms with Gasteiger partial charge in [0.05, 0.1) is 5.92 Å². The molecular formula is C12H16O3. The maximum atomic E-state index is 11.7. The third-order valence-corrected chi connectivity index (χ3v) is 3.30. The van der Waals surface area contributed by atoms with E-state index in [1.54, 1.807) is 0 Å². The Kier molecular flexibility index (Phi) is 2.89. The Hall–Kier alpha value is -1.12. The van der Waals surface area contributed by atoms with Gasteiger partial charge in [-0.1, -0.05) is 12.2 Å². The molecular weight excluding hydrogens is 192 g/mol. The van der Waals surface area contributed by atoms with E-state index in [-0.39, 0.29) is 24.3 Å². The van der Waals surface area contributed by atoms with Crippen LogP contribution in [-0.2, 0) is 14.3 Å². The van der Waals surface area contributed by atoms with Crippen LogP contribution in [0.25, 0.3) is 0 Å². The highest BCUT2D eigenvalue weighted by Crippen LogP contribution is 2.40. The Morgan fingerprint density at radius 3 is 2.60 bits per heavy atom. The van der Waals surface area contributed by atoms with Crippen molar-refractivity contribution >= 4 is 11.8 Å². The number of ether oxygens (including phenoxy) is 1. The van der Waals surface area contributed by atoms with Crippen LogP contribution in [0.5, 0.6) is 0 Å². The van der Waals surface area contributed by atoms with E-state index >= 15 is 0 Å². The summed E-state index contributed by atoms with van der Waals surface area (Å²) in [6.07, 6.45) is 7.52. The molecule has 0 radical (unpaired) electrons. The van der Waals surface area contributed by atoms with Crippen molar-refractivity contribution in [2.45, 2.75) is 26.2 Å². The molecule has 2 bridgehead atoms. The molecule has 0 aromatic rings. The van der Waals surface area contributed by atoms with Crippen LogP contribution in [0.2, 0.25) is 0 Å². The quantitative estimate of drug-likeness (QED) is 0.524. The number of hydrogen-bond acceptors (Lipinski definition) is 3. The Bertz CT molecular complexity index is 306. The first-order chi connectivity index (χ1) is 7.16. The Labute approximate surface area is 89.5 Å². The fourth-order valence-electron chi connectivity index (χ4n) is 2.48. The molecule has 3 aliphatic rings. The summed E-state index contributed by atoms with van der Waals surface area (Å²) < 4.78 is 4.97. The Balaban J connectivity index is 1.91. The molecule has 82 valence electrons. The Morgan fingerprint density at radius 2 is 2.13 bits per heavy atom. The highest BCUT2D eigenvalue weighted by atomic mass is 16.5. The second-order valence-corrected chi connectivity index (χ2v) is 4.54. The van der Waals surface area contributed by atoms with Crippen molar-refractivity contribution in [3.8, 4) is 0 Å². The monoisotopic (exact) mass is 208 g/mol. The number of allylic oxidation sites excluding steroid dienone is 2. The van der Waals surface area contributed by atoms with E-state index in [9.17, 15) is 9.59 Å². The average molecular weight is 208 g/mol. The SMILES string of the molecule is CC(=O)COC(=O)[C@@H]1C[C@@H]2C=C[C@H]1CC2. The normalized spacial score (nSPS) is 32.7. The number of rotatable bonds is 3. The second-order valence-electron chi connectivity index (χ2n) is 4.54. The molecule has 0 unspecified atom stereocenters. The molecule has 3 atom stereocenters. The summed E-state index contributed by atoms with van der Waals surface area (Å²) in [7, 11) is 0. The first-order valence-corrected chi connectivity index (χ1v) is 5.51. The minimum Gasteiger partial charge on any atom is -0.457 e. The van der Waals surface area contributed by atoms with Crippen LogP contribution in [0.4, 0.5) is 0 Å².